The monoisotopic (exact) mass is 1240 g/mol. The number of aromatic hydroxyl groups is 1. The Morgan fingerprint density at radius 2 is 1.42 bits per heavy atom. The van der Waals surface area contributed by atoms with Crippen molar-refractivity contribution in [1.82, 2.24) is 14.4 Å². The van der Waals surface area contributed by atoms with Crippen LogP contribution in [-0.4, -0.2) is 108 Å². The SMILES string of the molecule is C=Cc1nc2c(C#N)c(C)c(N=Nc3cc(C)c(N=Nc4cc(Cl)c(N=Nc5nc6c(S(=O)(=O)O)cc7c(S(=O)(=O)O)cc(S(=O)(=O)O)cc7c6s5)cc4SCCCS(=O)(=O)O)cc3OCCCS(=O)(=O)O)c(O)n2c1/C=C\C. The van der Waals surface area contributed by atoms with E-state index in [9.17, 15) is 75.2 Å². The molecule has 27 nitrogen and oxygen atoms in total. The molecule has 7 rings (SSSR count). The molecule has 0 fully saturated rings. The molecule has 0 radical (unpaired) electrons. The first-order chi connectivity index (χ1) is 36.8. The smallest absolute Gasteiger partial charge is 0.296 e. The number of ether oxygens (including phenoxy) is 1. The summed E-state index contributed by atoms with van der Waals surface area (Å²) in [6, 6.07) is 9.33. The molecule has 0 amide bonds. The predicted molar refractivity (Wildman–Crippen MR) is 291 cm³/mol. The lowest BCUT2D eigenvalue weighted by atomic mass is 10.1. The summed E-state index contributed by atoms with van der Waals surface area (Å²) in [6.07, 6.45) is 4.55. The molecular formula is C44H39ClN10O17S7. The van der Waals surface area contributed by atoms with E-state index in [1.54, 1.807) is 26.0 Å². The molecule has 7 aromatic rings. The second-order valence-corrected chi connectivity index (χ2v) is 26.3. The van der Waals surface area contributed by atoms with Crippen molar-refractivity contribution in [2.75, 3.05) is 23.9 Å². The number of hydrogen-bond donors (Lipinski definition) is 6. The highest BCUT2D eigenvalue weighted by Gasteiger charge is 2.28. The summed E-state index contributed by atoms with van der Waals surface area (Å²) in [6.45, 7) is 8.37. The van der Waals surface area contributed by atoms with E-state index in [1.807, 2.05) is 0 Å². The summed E-state index contributed by atoms with van der Waals surface area (Å²) in [5, 5.41) is 45.8. The molecule has 416 valence electrons. The van der Waals surface area contributed by atoms with Gasteiger partial charge in [-0.3, -0.25) is 27.2 Å². The molecule has 4 aromatic carbocycles. The number of pyridine rings is 1. The third-order valence-corrected chi connectivity index (χ3v) is 17.6. The van der Waals surface area contributed by atoms with Gasteiger partial charge in [0.1, 0.15) is 49.8 Å². The van der Waals surface area contributed by atoms with Crippen molar-refractivity contribution in [3.63, 3.8) is 0 Å². The molecule has 0 atom stereocenters. The van der Waals surface area contributed by atoms with Gasteiger partial charge in [-0.1, -0.05) is 35.6 Å². The van der Waals surface area contributed by atoms with Gasteiger partial charge in [-0.2, -0.15) is 52.5 Å². The minimum atomic E-state index is -5.31. The maximum atomic E-state index is 12.6. The van der Waals surface area contributed by atoms with Gasteiger partial charge < -0.3 is 9.84 Å². The van der Waals surface area contributed by atoms with Crippen LogP contribution in [0.3, 0.4) is 0 Å². The number of halogens is 1. The number of nitriles is 1. The Labute approximate surface area is 462 Å². The number of imidazole rings is 1. The number of fused-ring (bicyclic) bond motifs is 4. The number of hydrogen-bond acceptors (Lipinski definition) is 23. The molecule has 35 heteroatoms. The number of allylic oxidation sites excluding steroid dienone is 1. The van der Waals surface area contributed by atoms with E-state index in [4.69, 9.17) is 16.3 Å². The van der Waals surface area contributed by atoms with E-state index < -0.39 is 93.6 Å². The molecule has 0 unspecified atom stereocenters. The highest BCUT2D eigenvalue weighted by molar-refractivity contribution is 7.99. The number of aryl methyl sites for hydroxylation is 1. The molecule has 6 N–H and O–H groups in total. The Morgan fingerprint density at radius 1 is 0.772 bits per heavy atom. The lowest BCUT2D eigenvalue weighted by molar-refractivity contribution is 0.317. The summed E-state index contributed by atoms with van der Waals surface area (Å²) in [7, 11) is -24.4. The molecule has 3 heterocycles. The summed E-state index contributed by atoms with van der Waals surface area (Å²) < 4.78 is 176. The van der Waals surface area contributed by atoms with Crippen LogP contribution in [0.4, 0.5) is 33.6 Å². The fraction of sp³-hybridized carbons (Fsp3) is 0.205. The molecule has 0 saturated heterocycles. The van der Waals surface area contributed by atoms with Gasteiger partial charge in [0.25, 0.3) is 50.6 Å². The Balaban J connectivity index is 1.31. The average molecular weight is 1240 g/mol. The number of thiazole rings is 1. The zero-order chi connectivity index (χ0) is 58.2. The van der Waals surface area contributed by atoms with Crippen molar-refractivity contribution >= 4 is 158 Å². The predicted octanol–water partition coefficient (Wildman–Crippen LogP) is 10.6. The first kappa shape index (κ1) is 59.9. The van der Waals surface area contributed by atoms with E-state index in [0.717, 1.165) is 17.8 Å². The van der Waals surface area contributed by atoms with Crippen LogP contribution in [0.15, 0.2) is 105 Å². The Kier molecular flexibility index (Phi) is 17.6. The van der Waals surface area contributed by atoms with Gasteiger partial charge >= 0.3 is 0 Å². The fourth-order valence-electron chi connectivity index (χ4n) is 7.43. The quantitative estimate of drug-likeness (QED) is 0.0168. The number of azo groups is 3. The van der Waals surface area contributed by atoms with E-state index in [2.05, 4.69) is 53.3 Å². The standard InChI is InChI=1S/C44H39ClN10O17S7/c1-5-9-34-29(6-2)47-42-27(21-46)23(4)39(43(56)55(34)42)53-51-32-14-22(3)30(19-35(32)72-10-7-12-75(57,58)59)49-52-33-18-28(45)31(20-36(33)73-11-8-13-76(60,61)62)50-54-44-48-40-38(79(69,70)71)17-25-26(41(40)74-44)15-24(77(63,64)65)16-37(25)78(66,67)68/h5-6,9,14-20,56H,2,7-8,10-13H2,1,3-4H3,(H,57,58,59)(H,60,61,62)(H,63,64,65)(H,66,67,68)(H,69,70,71)/b9-5-,52-49?,53-51?,54-50?. The fourth-order valence-corrected chi connectivity index (χ4v) is 12.7. The van der Waals surface area contributed by atoms with Crippen molar-refractivity contribution in [2.45, 2.75) is 53.2 Å². The van der Waals surface area contributed by atoms with Crippen LogP contribution in [-0.2, 0) is 50.6 Å². The number of thioether (sulfide) groups is 1. The van der Waals surface area contributed by atoms with E-state index >= 15 is 0 Å². The van der Waals surface area contributed by atoms with E-state index in [0.29, 0.717) is 40.4 Å². The van der Waals surface area contributed by atoms with Crippen molar-refractivity contribution in [2.24, 2.45) is 30.7 Å². The Bertz CT molecular complexity index is 4460. The summed E-state index contributed by atoms with van der Waals surface area (Å²) in [5.74, 6) is -1.69. The van der Waals surface area contributed by atoms with Gasteiger partial charge in [-0.15, -0.1) is 37.3 Å². The lowest BCUT2D eigenvalue weighted by Gasteiger charge is -2.12. The molecule has 0 aliphatic rings. The Hall–Kier alpha value is -6.72. The van der Waals surface area contributed by atoms with Crippen LogP contribution in [0.5, 0.6) is 11.6 Å². The number of aromatic nitrogens is 3. The minimum absolute atomic E-state index is 0.0286. The topological polar surface area (TPSA) is 429 Å². The van der Waals surface area contributed by atoms with Crippen LogP contribution in [0.1, 0.15) is 47.8 Å². The summed E-state index contributed by atoms with van der Waals surface area (Å²) in [4.78, 5) is 5.68. The van der Waals surface area contributed by atoms with Gasteiger partial charge in [0, 0.05) is 27.3 Å². The highest BCUT2D eigenvalue weighted by atomic mass is 35.5. The van der Waals surface area contributed by atoms with Crippen LogP contribution in [0.25, 0.3) is 38.8 Å². The number of rotatable bonds is 21. The minimum Gasteiger partial charge on any atom is -0.493 e. The zero-order valence-electron chi connectivity index (χ0n) is 40.6. The normalized spacial score (nSPS) is 13.1. The van der Waals surface area contributed by atoms with Gasteiger partial charge in [-0.25, -0.2) is 9.97 Å². The highest BCUT2D eigenvalue weighted by Crippen LogP contribution is 2.45. The van der Waals surface area contributed by atoms with E-state index in [-0.39, 0.29) is 101 Å². The molecule has 3 aromatic heterocycles. The van der Waals surface area contributed by atoms with E-state index in [1.165, 1.54) is 41.7 Å². The molecule has 79 heavy (non-hydrogen) atoms. The summed E-state index contributed by atoms with van der Waals surface area (Å²) >= 11 is 8.22. The largest absolute Gasteiger partial charge is 0.493 e. The third kappa shape index (κ3) is 13.8. The van der Waals surface area contributed by atoms with Crippen LogP contribution in [0, 0.1) is 25.2 Å². The molecule has 0 aliphatic heterocycles. The second-order valence-electron chi connectivity index (χ2n) is 16.5. The van der Waals surface area contributed by atoms with Crippen LogP contribution < -0.4 is 4.74 Å². The maximum Gasteiger partial charge on any atom is 0.296 e. The second kappa shape index (κ2) is 23.2. The van der Waals surface area contributed by atoms with Crippen LogP contribution >= 0.6 is 34.7 Å². The molecule has 0 spiro atoms. The first-order valence-corrected chi connectivity index (χ1v) is 31.7. The van der Waals surface area contributed by atoms with Gasteiger partial charge in [-0.05, 0) is 93.5 Å². The van der Waals surface area contributed by atoms with Crippen molar-refractivity contribution in [1.29, 1.82) is 5.26 Å². The Morgan fingerprint density at radius 3 is 2.04 bits per heavy atom. The van der Waals surface area contributed by atoms with Gasteiger partial charge in [0.2, 0.25) is 11.0 Å². The summed E-state index contributed by atoms with van der Waals surface area (Å²) in [5.41, 5.74) is 1.03. The van der Waals surface area contributed by atoms with Gasteiger partial charge in [0.05, 0.1) is 49.8 Å². The molecule has 0 aliphatic carbocycles. The molecular weight excluding hydrogens is 1200 g/mol. The molecule has 0 saturated carbocycles. The zero-order valence-corrected chi connectivity index (χ0v) is 47.1. The van der Waals surface area contributed by atoms with Crippen molar-refractivity contribution < 1.29 is 74.7 Å². The van der Waals surface area contributed by atoms with Crippen LogP contribution in [0.2, 0.25) is 5.02 Å². The maximum absolute atomic E-state index is 12.6. The number of benzene rings is 4. The van der Waals surface area contributed by atoms with Crippen molar-refractivity contribution in [3.05, 3.63) is 88.2 Å². The number of nitrogens with zero attached hydrogens (tertiary/aromatic N) is 10. The first-order valence-electron chi connectivity index (χ1n) is 22.0. The average Bonchev–Trinajstić information content (AvgIpc) is 4.21. The van der Waals surface area contributed by atoms with Gasteiger partial charge in [0.15, 0.2) is 11.3 Å². The van der Waals surface area contributed by atoms with Crippen molar-refractivity contribution in [3.8, 4) is 17.7 Å². The molecule has 0 bridgehead atoms. The lowest BCUT2D eigenvalue weighted by Crippen LogP contribution is -2.08. The third-order valence-electron chi connectivity index (χ3n) is 11.0.